The second-order valence-corrected chi connectivity index (χ2v) is 10.9. The fraction of sp³-hybridized carbons (Fsp3) is 0.357. The van der Waals surface area contributed by atoms with Crippen molar-refractivity contribution in [2.75, 3.05) is 31.5 Å². The molecule has 6 rings (SSSR count). The molecule has 2 aliphatic rings. The van der Waals surface area contributed by atoms with Crippen LogP contribution in [-0.4, -0.2) is 89.6 Å². The summed E-state index contributed by atoms with van der Waals surface area (Å²) in [7, 11) is 0. The molecule has 0 spiro atoms. The van der Waals surface area contributed by atoms with Gasteiger partial charge in [-0.25, -0.2) is 19.2 Å². The second-order valence-electron chi connectivity index (χ2n) is 10.9. The Bertz CT molecular complexity index is 1760. The molecule has 0 bridgehead atoms. The summed E-state index contributed by atoms with van der Waals surface area (Å²) >= 11 is 0. The van der Waals surface area contributed by atoms with E-state index in [1.54, 1.807) is 4.90 Å². The molecule has 236 valence electrons. The molecule has 2 atom stereocenters. The predicted molar refractivity (Wildman–Crippen MR) is 150 cm³/mol. The zero-order valence-corrected chi connectivity index (χ0v) is 23.5. The van der Waals surface area contributed by atoms with E-state index < -0.39 is 29.7 Å². The van der Waals surface area contributed by atoms with E-state index in [1.807, 2.05) is 0 Å². The number of halogens is 4. The number of carbonyl (C=O) groups excluding carboxylic acids is 2. The van der Waals surface area contributed by atoms with Crippen LogP contribution in [0.3, 0.4) is 0 Å². The molecule has 1 aromatic carbocycles. The molecule has 3 amide bonds. The van der Waals surface area contributed by atoms with Gasteiger partial charge in [-0.3, -0.25) is 19.1 Å². The lowest BCUT2D eigenvalue weighted by molar-refractivity contribution is -0.140. The minimum atomic E-state index is -4.68. The first-order valence-corrected chi connectivity index (χ1v) is 14.1. The van der Waals surface area contributed by atoms with Crippen LogP contribution in [0.15, 0.2) is 43.0 Å². The summed E-state index contributed by atoms with van der Waals surface area (Å²) in [5, 5.41) is 19.8. The van der Waals surface area contributed by atoms with E-state index >= 15 is 4.39 Å². The largest absolute Gasteiger partial charge is 0.465 e. The van der Waals surface area contributed by atoms with Gasteiger partial charge in [0.2, 0.25) is 5.91 Å². The maximum absolute atomic E-state index is 15.2. The molecule has 4 aromatic rings. The monoisotopic (exact) mass is 629 g/mol. The number of amides is 3. The van der Waals surface area contributed by atoms with Crippen molar-refractivity contribution in [3.8, 4) is 11.3 Å². The molecule has 45 heavy (non-hydrogen) atoms. The normalized spacial score (nSPS) is 18.8. The Labute approximate surface area is 252 Å². The number of fused-ring (bicyclic) bond motifs is 1. The van der Waals surface area contributed by atoms with Crippen LogP contribution in [0.5, 0.6) is 0 Å². The average molecular weight is 630 g/mol. The fourth-order valence-electron chi connectivity index (χ4n) is 5.88. The van der Waals surface area contributed by atoms with E-state index in [2.05, 4.69) is 30.8 Å². The van der Waals surface area contributed by atoms with Crippen molar-refractivity contribution >= 4 is 35.1 Å². The first-order valence-electron chi connectivity index (χ1n) is 14.1. The zero-order chi connectivity index (χ0) is 31.9. The summed E-state index contributed by atoms with van der Waals surface area (Å²) in [4.78, 5) is 48.5. The van der Waals surface area contributed by atoms with Crippen molar-refractivity contribution in [2.24, 2.45) is 5.92 Å². The molecule has 17 heteroatoms. The lowest BCUT2D eigenvalue weighted by Gasteiger charge is -2.36. The number of hydrogen-bond acceptors (Lipinski definition) is 7. The molecule has 4 heterocycles. The zero-order valence-electron chi connectivity index (χ0n) is 23.5. The number of nitrogens with zero attached hydrogens (tertiary/aromatic N) is 6. The lowest BCUT2D eigenvalue weighted by atomic mass is 10.1. The summed E-state index contributed by atoms with van der Waals surface area (Å²) < 4.78 is 56.8. The van der Waals surface area contributed by atoms with Gasteiger partial charge in [-0.05, 0) is 37.5 Å². The Morgan fingerprint density at radius 2 is 1.80 bits per heavy atom. The summed E-state index contributed by atoms with van der Waals surface area (Å²) in [5.74, 6) is -1.53. The van der Waals surface area contributed by atoms with E-state index in [0.717, 1.165) is 12.3 Å². The molecule has 1 aliphatic heterocycles. The number of nitrogens with one attached hydrogen (secondary N) is 3. The number of imidazole rings is 1. The number of H-pyrrole nitrogens is 1. The van der Waals surface area contributed by atoms with Gasteiger partial charge in [0, 0.05) is 62.4 Å². The fourth-order valence-corrected chi connectivity index (χ4v) is 5.88. The third-order valence-electron chi connectivity index (χ3n) is 8.06. The van der Waals surface area contributed by atoms with Crippen LogP contribution in [0.4, 0.5) is 33.9 Å². The smallest absolute Gasteiger partial charge is 0.435 e. The van der Waals surface area contributed by atoms with Crippen molar-refractivity contribution < 1.29 is 37.1 Å². The average Bonchev–Trinajstić information content (AvgIpc) is 3.76. The van der Waals surface area contributed by atoms with Crippen molar-refractivity contribution in [1.29, 1.82) is 0 Å². The highest BCUT2D eigenvalue weighted by molar-refractivity contribution is 5.95. The Morgan fingerprint density at radius 3 is 2.51 bits per heavy atom. The third-order valence-corrected chi connectivity index (χ3v) is 8.06. The molecule has 13 nitrogen and oxygen atoms in total. The van der Waals surface area contributed by atoms with Crippen molar-refractivity contribution in [3.05, 3.63) is 60.1 Å². The lowest BCUT2D eigenvalue weighted by Crippen LogP contribution is -2.52. The second kappa shape index (κ2) is 11.7. The third kappa shape index (κ3) is 5.97. The first kappa shape index (κ1) is 29.8. The van der Waals surface area contributed by atoms with Gasteiger partial charge < -0.3 is 25.5 Å². The van der Waals surface area contributed by atoms with Gasteiger partial charge in [-0.2, -0.15) is 18.3 Å². The Kier molecular flexibility index (Phi) is 7.76. The molecule has 3 aromatic heterocycles. The summed E-state index contributed by atoms with van der Waals surface area (Å²) in [5.41, 5.74) is -0.923. The van der Waals surface area contributed by atoms with Crippen LogP contribution in [0.1, 0.15) is 35.3 Å². The maximum atomic E-state index is 15.2. The van der Waals surface area contributed by atoms with E-state index in [9.17, 15) is 27.6 Å². The van der Waals surface area contributed by atoms with Crippen LogP contribution in [0.25, 0.3) is 16.9 Å². The molecule has 1 saturated carbocycles. The number of aromatic amines is 1. The molecule has 4 N–H and O–H groups in total. The Balaban J connectivity index is 1.10. The van der Waals surface area contributed by atoms with Gasteiger partial charge in [0.25, 0.3) is 5.91 Å². The molecule has 0 radical (unpaired) electrons. The van der Waals surface area contributed by atoms with E-state index in [4.69, 9.17) is 5.11 Å². The van der Waals surface area contributed by atoms with Crippen LogP contribution in [-0.2, 0) is 11.0 Å². The van der Waals surface area contributed by atoms with Gasteiger partial charge in [0.05, 0.1) is 23.0 Å². The van der Waals surface area contributed by atoms with Crippen LogP contribution in [0.2, 0.25) is 0 Å². The van der Waals surface area contributed by atoms with Gasteiger partial charge in [0.1, 0.15) is 5.82 Å². The first-order chi connectivity index (χ1) is 21.5. The molecule has 0 unspecified atom stereocenters. The number of hydrogen-bond donors (Lipinski definition) is 4. The van der Waals surface area contributed by atoms with Crippen molar-refractivity contribution in [3.63, 3.8) is 0 Å². The molecule has 1 aliphatic carbocycles. The number of carboxylic acid groups (broad SMARTS) is 1. The highest BCUT2D eigenvalue weighted by Crippen LogP contribution is 2.36. The molecular formula is C28H27F4N9O4. The van der Waals surface area contributed by atoms with Crippen LogP contribution < -0.4 is 10.6 Å². The van der Waals surface area contributed by atoms with Crippen molar-refractivity contribution in [1.82, 2.24) is 39.7 Å². The Hall–Kier alpha value is -5.22. The minimum Gasteiger partial charge on any atom is -0.465 e. The van der Waals surface area contributed by atoms with Crippen molar-refractivity contribution in [2.45, 2.75) is 31.5 Å². The van der Waals surface area contributed by atoms with Crippen LogP contribution >= 0.6 is 0 Å². The maximum Gasteiger partial charge on any atom is 0.435 e. The SMILES string of the molecule is O=C(O)N[C@@H]1CC[C@H](C(=O)N2CCN(C(=O)c3ccc(Nc4nccn5c(-c6c[nH]nc6C(F)(F)F)cnc45)cc3F)CC2)C1. The van der Waals surface area contributed by atoms with E-state index in [-0.39, 0.29) is 78.0 Å². The van der Waals surface area contributed by atoms with Gasteiger partial charge in [0.15, 0.2) is 17.2 Å². The number of benzene rings is 1. The summed E-state index contributed by atoms with van der Waals surface area (Å²) in [6.45, 7) is 0.998. The number of anilines is 2. The minimum absolute atomic E-state index is 0.0721. The highest BCUT2D eigenvalue weighted by atomic mass is 19.4. The van der Waals surface area contributed by atoms with Crippen LogP contribution in [0, 0.1) is 11.7 Å². The quantitative estimate of drug-likeness (QED) is 0.235. The van der Waals surface area contributed by atoms with E-state index in [0.29, 0.717) is 19.3 Å². The number of piperazine rings is 1. The highest BCUT2D eigenvalue weighted by Gasteiger charge is 2.38. The summed E-state index contributed by atoms with van der Waals surface area (Å²) in [6, 6.07) is 3.66. The van der Waals surface area contributed by atoms with Gasteiger partial charge in [-0.1, -0.05) is 0 Å². The molecular weight excluding hydrogens is 602 g/mol. The number of carbonyl (C=O) groups is 3. The number of alkyl halides is 3. The van der Waals surface area contributed by atoms with Gasteiger partial charge in [-0.15, -0.1) is 0 Å². The number of rotatable bonds is 6. The van der Waals surface area contributed by atoms with Gasteiger partial charge >= 0.3 is 12.3 Å². The molecule has 2 fully saturated rings. The topological polar surface area (TPSA) is 161 Å². The molecule has 1 saturated heterocycles. The number of aromatic nitrogens is 5. The predicted octanol–water partition coefficient (Wildman–Crippen LogP) is 3.74. The Morgan fingerprint density at radius 1 is 1.04 bits per heavy atom. The summed E-state index contributed by atoms with van der Waals surface area (Å²) in [6.07, 6.45) is 0.972. The van der Waals surface area contributed by atoms with E-state index in [1.165, 1.54) is 40.0 Å². The standard InChI is InChI=1S/C28H27F4N9O4/c29-20-12-17(36-23-24-34-14-21(41(24)6-5-33-23)19-13-35-38-22(19)28(30,31)32)3-4-18(20)26(43)40-9-7-39(8-10-40)25(42)15-1-2-16(11-15)37-27(44)45/h3-6,12-16,37H,1-2,7-11H2,(H,33,36)(H,35,38)(H,44,45)/t15-,16+/m0/s1.